The summed E-state index contributed by atoms with van der Waals surface area (Å²) in [6.07, 6.45) is 9.95. The minimum Gasteiger partial charge on any atom is -0.199 e. The van der Waals surface area contributed by atoms with Gasteiger partial charge in [0.2, 0.25) is 0 Å². The zero-order valence-electron chi connectivity index (χ0n) is 11.4. The van der Waals surface area contributed by atoms with Crippen molar-refractivity contribution in [2.45, 2.75) is 76.8 Å². The highest BCUT2D eigenvalue weighted by atomic mass is 32.2. The lowest BCUT2D eigenvalue weighted by Gasteiger charge is -2.33. The molecular formula is C13H26N2O2S. The molecule has 0 spiro atoms. The van der Waals surface area contributed by atoms with Gasteiger partial charge in [0.05, 0.1) is 0 Å². The molecule has 0 bridgehead atoms. The molecule has 2 aliphatic rings. The van der Waals surface area contributed by atoms with Crippen LogP contribution in [0.5, 0.6) is 0 Å². The van der Waals surface area contributed by atoms with Crippen molar-refractivity contribution < 1.29 is 8.42 Å². The Kier molecular flexibility index (Phi) is 5.04. The van der Waals surface area contributed by atoms with Crippen molar-refractivity contribution in [2.24, 2.45) is 0 Å². The quantitative estimate of drug-likeness (QED) is 0.804. The van der Waals surface area contributed by atoms with Crippen molar-refractivity contribution in [1.82, 2.24) is 9.03 Å². The van der Waals surface area contributed by atoms with Crippen LogP contribution in [0.25, 0.3) is 0 Å². The van der Waals surface area contributed by atoms with Crippen LogP contribution in [0.4, 0.5) is 0 Å². The maximum Gasteiger partial charge on any atom is 0.279 e. The van der Waals surface area contributed by atoms with Gasteiger partial charge >= 0.3 is 0 Å². The van der Waals surface area contributed by atoms with Gasteiger partial charge in [-0.3, -0.25) is 0 Å². The van der Waals surface area contributed by atoms with E-state index < -0.39 is 10.2 Å². The highest BCUT2D eigenvalue weighted by Crippen LogP contribution is 2.22. The molecule has 0 aromatic carbocycles. The van der Waals surface area contributed by atoms with Crippen LogP contribution in [0, 0.1) is 0 Å². The van der Waals surface area contributed by atoms with Crippen molar-refractivity contribution in [3.63, 3.8) is 0 Å². The molecule has 1 N–H and O–H groups in total. The van der Waals surface area contributed by atoms with Crippen molar-refractivity contribution in [3.8, 4) is 0 Å². The van der Waals surface area contributed by atoms with E-state index in [1.165, 1.54) is 12.8 Å². The van der Waals surface area contributed by atoms with Crippen LogP contribution >= 0.6 is 0 Å². The molecule has 1 saturated heterocycles. The van der Waals surface area contributed by atoms with Crippen molar-refractivity contribution in [3.05, 3.63) is 0 Å². The average Bonchev–Trinajstić information content (AvgIpc) is 2.57. The van der Waals surface area contributed by atoms with Gasteiger partial charge in [-0.1, -0.05) is 32.1 Å². The molecular weight excluding hydrogens is 248 g/mol. The maximum atomic E-state index is 12.4. The summed E-state index contributed by atoms with van der Waals surface area (Å²) in [7, 11) is -3.27. The Labute approximate surface area is 111 Å². The first-order chi connectivity index (χ1) is 8.59. The van der Waals surface area contributed by atoms with Crippen molar-refractivity contribution in [2.75, 3.05) is 6.54 Å². The summed E-state index contributed by atoms with van der Waals surface area (Å²) in [4.78, 5) is 0. The van der Waals surface area contributed by atoms with Gasteiger partial charge in [-0.05, 0) is 32.6 Å². The van der Waals surface area contributed by atoms with Crippen LogP contribution in [0.1, 0.15) is 64.7 Å². The molecule has 0 unspecified atom stereocenters. The van der Waals surface area contributed by atoms with Gasteiger partial charge in [0.1, 0.15) is 0 Å². The molecule has 0 aromatic heterocycles. The maximum absolute atomic E-state index is 12.4. The van der Waals surface area contributed by atoms with E-state index in [1.54, 1.807) is 4.31 Å². The third-order valence-corrected chi connectivity index (χ3v) is 6.01. The normalized spacial score (nSPS) is 29.1. The van der Waals surface area contributed by atoms with E-state index in [0.717, 1.165) is 44.9 Å². The molecule has 1 saturated carbocycles. The van der Waals surface area contributed by atoms with Gasteiger partial charge in [-0.25, -0.2) is 0 Å². The third-order valence-electron chi connectivity index (χ3n) is 4.22. The van der Waals surface area contributed by atoms with Gasteiger partial charge in [0.15, 0.2) is 0 Å². The summed E-state index contributed by atoms with van der Waals surface area (Å²) < 4.78 is 29.4. The minimum absolute atomic E-state index is 0.155. The van der Waals surface area contributed by atoms with E-state index in [2.05, 4.69) is 4.72 Å². The monoisotopic (exact) mass is 274 g/mol. The second-order valence-electron chi connectivity index (χ2n) is 5.77. The Hall–Kier alpha value is -0.130. The van der Waals surface area contributed by atoms with E-state index in [1.807, 2.05) is 6.92 Å². The fourth-order valence-corrected chi connectivity index (χ4v) is 4.85. The van der Waals surface area contributed by atoms with Gasteiger partial charge in [0.25, 0.3) is 10.2 Å². The number of nitrogens with zero attached hydrogens (tertiary/aromatic N) is 1. The molecule has 2 rings (SSSR count). The van der Waals surface area contributed by atoms with Crippen LogP contribution in [0.15, 0.2) is 0 Å². The molecule has 0 radical (unpaired) electrons. The number of hydrogen-bond donors (Lipinski definition) is 1. The molecule has 0 aromatic rings. The lowest BCUT2D eigenvalue weighted by Crippen LogP contribution is -2.50. The number of rotatable bonds is 3. The summed E-state index contributed by atoms with van der Waals surface area (Å²) in [5.74, 6) is 0. The Morgan fingerprint density at radius 2 is 1.56 bits per heavy atom. The fourth-order valence-electron chi connectivity index (χ4n) is 3.10. The van der Waals surface area contributed by atoms with Gasteiger partial charge < -0.3 is 0 Å². The Bertz CT molecular complexity index is 348. The standard InChI is InChI=1S/C13H26N2O2S/c1-12-8-6-7-11-15(12)18(16,17)14-13-9-4-2-3-5-10-13/h12-14H,2-11H2,1H3/t12-/m1/s1. The van der Waals surface area contributed by atoms with Crippen LogP contribution in [-0.2, 0) is 10.2 Å². The van der Waals surface area contributed by atoms with Gasteiger partial charge in [0, 0.05) is 18.6 Å². The summed E-state index contributed by atoms with van der Waals surface area (Å²) in [5, 5.41) is 0. The zero-order valence-corrected chi connectivity index (χ0v) is 12.2. The molecule has 1 aliphatic carbocycles. The molecule has 1 heterocycles. The molecule has 1 atom stereocenters. The molecule has 18 heavy (non-hydrogen) atoms. The Morgan fingerprint density at radius 1 is 0.944 bits per heavy atom. The second kappa shape index (κ2) is 6.35. The van der Waals surface area contributed by atoms with Crippen LogP contribution in [-0.4, -0.2) is 31.4 Å². The smallest absolute Gasteiger partial charge is 0.199 e. The van der Waals surface area contributed by atoms with E-state index in [4.69, 9.17) is 0 Å². The number of hydrogen-bond acceptors (Lipinski definition) is 2. The SMILES string of the molecule is C[C@@H]1CCCCN1S(=O)(=O)NC1CCCCCC1. The molecule has 0 amide bonds. The summed E-state index contributed by atoms with van der Waals surface area (Å²) in [6, 6.07) is 0.314. The van der Waals surface area contributed by atoms with Crippen molar-refractivity contribution >= 4 is 10.2 Å². The van der Waals surface area contributed by atoms with E-state index in [9.17, 15) is 8.42 Å². The molecule has 106 valence electrons. The van der Waals surface area contributed by atoms with Crippen molar-refractivity contribution in [1.29, 1.82) is 0 Å². The third kappa shape index (κ3) is 3.68. The van der Waals surface area contributed by atoms with E-state index >= 15 is 0 Å². The van der Waals surface area contributed by atoms with Crippen LogP contribution in [0.3, 0.4) is 0 Å². The topological polar surface area (TPSA) is 49.4 Å². The second-order valence-corrected chi connectivity index (χ2v) is 7.42. The molecule has 1 aliphatic heterocycles. The average molecular weight is 274 g/mol. The summed E-state index contributed by atoms with van der Waals surface area (Å²) >= 11 is 0. The van der Waals surface area contributed by atoms with Gasteiger partial charge in [-0.2, -0.15) is 17.4 Å². The minimum atomic E-state index is -3.27. The molecule has 2 fully saturated rings. The number of nitrogens with one attached hydrogen (secondary N) is 1. The predicted molar refractivity (Wildman–Crippen MR) is 73.6 cm³/mol. The highest BCUT2D eigenvalue weighted by Gasteiger charge is 2.31. The Balaban J connectivity index is 1.96. The summed E-state index contributed by atoms with van der Waals surface area (Å²) in [6.45, 7) is 2.70. The lowest BCUT2D eigenvalue weighted by molar-refractivity contribution is 0.263. The largest absolute Gasteiger partial charge is 0.279 e. The van der Waals surface area contributed by atoms with Gasteiger partial charge in [-0.15, -0.1) is 0 Å². The first-order valence-corrected chi connectivity index (χ1v) is 8.83. The lowest BCUT2D eigenvalue weighted by atomic mass is 10.1. The Morgan fingerprint density at radius 3 is 2.17 bits per heavy atom. The molecule has 4 nitrogen and oxygen atoms in total. The van der Waals surface area contributed by atoms with E-state index in [0.29, 0.717) is 6.54 Å². The highest BCUT2D eigenvalue weighted by molar-refractivity contribution is 7.87. The van der Waals surface area contributed by atoms with E-state index in [-0.39, 0.29) is 12.1 Å². The van der Waals surface area contributed by atoms with Crippen LogP contribution in [0.2, 0.25) is 0 Å². The predicted octanol–water partition coefficient (Wildman–Crippen LogP) is 2.42. The number of piperidine rings is 1. The molecule has 5 heteroatoms. The first-order valence-electron chi connectivity index (χ1n) is 7.39. The van der Waals surface area contributed by atoms with Crippen LogP contribution < -0.4 is 4.72 Å². The fraction of sp³-hybridized carbons (Fsp3) is 1.00. The zero-order chi connectivity index (χ0) is 13.0. The first kappa shape index (κ1) is 14.3. The summed E-state index contributed by atoms with van der Waals surface area (Å²) in [5.41, 5.74) is 0.